The first-order valence-corrected chi connectivity index (χ1v) is 11.6. The Bertz CT molecular complexity index is 1130. The molecule has 0 saturated heterocycles. The van der Waals surface area contributed by atoms with Crippen molar-refractivity contribution in [1.29, 1.82) is 0 Å². The van der Waals surface area contributed by atoms with Crippen molar-refractivity contribution in [3.63, 3.8) is 0 Å². The highest BCUT2D eigenvalue weighted by molar-refractivity contribution is 7.62. The molecule has 0 saturated carbocycles. The van der Waals surface area contributed by atoms with Crippen molar-refractivity contribution >= 4 is 24.8 Å². The number of fused-ring (bicyclic) bond motifs is 5. The third-order valence-corrected chi connectivity index (χ3v) is 7.78. The third-order valence-electron chi connectivity index (χ3n) is 5.60. The minimum atomic E-state index is -3.85. The molecule has 0 spiro atoms. The fraction of sp³-hybridized carbons (Fsp3) is 0.429. The fourth-order valence-corrected chi connectivity index (χ4v) is 6.28. The first-order valence-electron chi connectivity index (χ1n) is 10.1. The summed E-state index contributed by atoms with van der Waals surface area (Å²) in [5.41, 5.74) is 2.64. The molecule has 1 aromatic carbocycles. The predicted octanol–water partition coefficient (Wildman–Crippen LogP) is 2.85. The normalized spacial score (nSPS) is 15.1. The molecule has 0 fully saturated rings. The number of hydrogen-bond donors (Lipinski definition) is 0. The average molecular weight is 448 g/mol. The van der Waals surface area contributed by atoms with Crippen molar-refractivity contribution < 1.29 is 32.7 Å². The average Bonchev–Trinajstić information content (AvgIpc) is 3.22. The van der Waals surface area contributed by atoms with E-state index < -0.39 is 19.4 Å². The van der Waals surface area contributed by atoms with Gasteiger partial charge in [0.05, 0.1) is 44.3 Å². The zero-order valence-corrected chi connectivity index (χ0v) is 19.1. The van der Waals surface area contributed by atoms with E-state index in [1.54, 1.807) is 31.6 Å². The second kappa shape index (κ2) is 7.82. The summed E-state index contributed by atoms with van der Waals surface area (Å²) < 4.78 is 37.6. The SMILES string of the molecule is CCOP(=O)(OCC)c1c2c(c3n1CCc1cc(OC)c(OC)cc1-3)C(=O)N(C)C2=O. The van der Waals surface area contributed by atoms with Crippen LogP contribution in [0, 0.1) is 0 Å². The smallest absolute Gasteiger partial charge is 0.378 e. The van der Waals surface area contributed by atoms with E-state index in [-0.39, 0.29) is 29.8 Å². The molecule has 2 aliphatic heterocycles. The minimum absolute atomic E-state index is 0.0929. The molecule has 0 radical (unpaired) electrons. The lowest BCUT2D eigenvalue weighted by Gasteiger charge is -2.26. The van der Waals surface area contributed by atoms with Gasteiger partial charge in [-0.1, -0.05) is 0 Å². The van der Waals surface area contributed by atoms with Crippen LogP contribution in [0.1, 0.15) is 40.1 Å². The summed E-state index contributed by atoms with van der Waals surface area (Å²) in [5.74, 6) is 0.108. The number of hydrogen-bond acceptors (Lipinski definition) is 7. The number of carbonyl (C=O) groups is 2. The summed E-state index contributed by atoms with van der Waals surface area (Å²) in [6.45, 7) is 4.09. The lowest BCUT2D eigenvalue weighted by Crippen LogP contribution is -2.32. The Morgan fingerprint density at radius 1 is 0.968 bits per heavy atom. The highest BCUT2D eigenvalue weighted by Gasteiger charge is 2.49. The van der Waals surface area contributed by atoms with E-state index in [1.807, 2.05) is 6.07 Å². The Hall–Kier alpha value is -2.61. The van der Waals surface area contributed by atoms with E-state index >= 15 is 0 Å². The molecule has 2 amide bonds. The lowest BCUT2D eigenvalue weighted by atomic mass is 9.95. The largest absolute Gasteiger partial charge is 0.493 e. The number of imide groups is 1. The van der Waals surface area contributed by atoms with Crippen LogP contribution in [0.5, 0.6) is 11.5 Å². The number of benzene rings is 1. The molecule has 1 aromatic heterocycles. The molecule has 0 bridgehead atoms. The van der Waals surface area contributed by atoms with Gasteiger partial charge in [0.25, 0.3) is 11.8 Å². The summed E-state index contributed by atoms with van der Waals surface area (Å²) >= 11 is 0. The van der Waals surface area contributed by atoms with Crippen LogP contribution in [0.15, 0.2) is 12.1 Å². The first kappa shape index (κ1) is 21.6. The highest BCUT2D eigenvalue weighted by Crippen LogP contribution is 2.52. The highest BCUT2D eigenvalue weighted by atomic mass is 31.2. The number of amides is 2. The number of nitrogens with zero attached hydrogens (tertiary/aromatic N) is 2. The van der Waals surface area contributed by atoms with Gasteiger partial charge in [-0.2, -0.15) is 0 Å². The molecule has 0 unspecified atom stereocenters. The predicted molar refractivity (Wildman–Crippen MR) is 114 cm³/mol. The molecule has 10 heteroatoms. The van der Waals surface area contributed by atoms with Crippen LogP contribution in [-0.2, 0) is 26.6 Å². The molecule has 0 N–H and O–H groups in total. The lowest BCUT2D eigenvalue weighted by molar-refractivity contribution is 0.0692. The Morgan fingerprint density at radius 2 is 1.55 bits per heavy atom. The van der Waals surface area contributed by atoms with Crippen molar-refractivity contribution in [2.75, 3.05) is 34.5 Å². The Balaban J connectivity index is 2.08. The third kappa shape index (κ3) is 3.03. The van der Waals surface area contributed by atoms with Gasteiger partial charge in [-0.25, -0.2) is 0 Å². The molecule has 9 nitrogen and oxygen atoms in total. The van der Waals surface area contributed by atoms with Gasteiger partial charge in [0.15, 0.2) is 11.5 Å². The van der Waals surface area contributed by atoms with Crippen molar-refractivity contribution in [3.05, 3.63) is 28.8 Å². The molecule has 31 heavy (non-hydrogen) atoms. The molecule has 0 atom stereocenters. The van der Waals surface area contributed by atoms with Crippen LogP contribution in [0.3, 0.4) is 0 Å². The van der Waals surface area contributed by atoms with Gasteiger partial charge in [0.1, 0.15) is 5.44 Å². The van der Waals surface area contributed by atoms with E-state index in [0.29, 0.717) is 30.2 Å². The number of methoxy groups -OCH3 is 2. The van der Waals surface area contributed by atoms with E-state index in [0.717, 1.165) is 16.0 Å². The van der Waals surface area contributed by atoms with Crippen LogP contribution in [0.4, 0.5) is 0 Å². The summed E-state index contributed by atoms with van der Waals surface area (Å²) in [7, 11) is 0.648. The topological polar surface area (TPSA) is 96.3 Å². The van der Waals surface area contributed by atoms with E-state index in [9.17, 15) is 14.2 Å². The first-order chi connectivity index (χ1) is 14.8. The molecule has 4 rings (SSSR count). The zero-order valence-electron chi connectivity index (χ0n) is 18.2. The van der Waals surface area contributed by atoms with E-state index in [2.05, 4.69) is 0 Å². The summed E-state index contributed by atoms with van der Waals surface area (Å²) in [6.07, 6.45) is 0.583. The van der Waals surface area contributed by atoms with Crippen LogP contribution in [-0.4, -0.2) is 55.8 Å². The fourth-order valence-electron chi connectivity index (χ4n) is 4.31. The number of carbonyl (C=O) groups excluding carboxylic acids is 2. The molecular weight excluding hydrogens is 423 g/mol. The van der Waals surface area contributed by atoms with Crippen LogP contribution >= 0.6 is 7.60 Å². The summed E-state index contributed by atoms with van der Waals surface area (Å²) in [6, 6.07) is 3.65. The van der Waals surface area contributed by atoms with Crippen LogP contribution in [0.25, 0.3) is 11.3 Å². The van der Waals surface area contributed by atoms with Crippen LogP contribution in [0.2, 0.25) is 0 Å². The van der Waals surface area contributed by atoms with Crippen molar-refractivity contribution in [2.45, 2.75) is 26.8 Å². The van der Waals surface area contributed by atoms with Gasteiger partial charge < -0.3 is 23.1 Å². The maximum atomic E-state index is 13.8. The zero-order chi connectivity index (χ0) is 22.5. The van der Waals surface area contributed by atoms with Crippen LogP contribution < -0.4 is 14.9 Å². The molecule has 166 valence electrons. The number of aryl methyl sites for hydroxylation is 1. The Labute approximate surface area is 180 Å². The number of aromatic nitrogens is 1. The molecular formula is C21H25N2O7P. The molecule has 3 heterocycles. The van der Waals surface area contributed by atoms with Gasteiger partial charge >= 0.3 is 7.60 Å². The summed E-state index contributed by atoms with van der Waals surface area (Å²) in [5, 5.41) is 0. The quantitative estimate of drug-likeness (QED) is 0.475. The second-order valence-corrected chi connectivity index (χ2v) is 9.13. The Morgan fingerprint density at radius 3 is 2.13 bits per heavy atom. The monoisotopic (exact) mass is 448 g/mol. The molecule has 2 aliphatic rings. The van der Waals surface area contributed by atoms with Gasteiger partial charge in [-0.3, -0.25) is 19.1 Å². The van der Waals surface area contributed by atoms with Crippen molar-refractivity contribution in [3.8, 4) is 22.8 Å². The van der Waals surface area contributed by atoms with E-state index in [4.69, 9.17) is 18.5 Å². The van der Waals surface area contributed by atoms with E-state index in [1.165, 1.54) is 14.2 Å². The second-order valence-electron chi connectivity index (χ2n) is 7.19. The maximum absolute atomic E-state index is 13.8. The van der Waals surface area contributed by atoms with Crippen molar-refractivity contribution in [2.24, 2.45) is 0 Å². The summed E-state index contributed by atoms with van der Waals surface area (Å²) in [4.78, 5) is 27.2. The van der Waals surface area contributed by atoms with Gasteiger partial charge in [0.2, 0.25) is 0 Å². The molecule has 0 aliphatic carbocycles. The standard InChI is InChI=1S/C21H25N2O7P/c1-6-29-31(26,30-7-2)21-17-16(19(24)22(3)20(17)25)18-13-11-15(28-5)14(27-4)10-12(13)8-9-23(18)21/h10-11H,6-9H2,1-5H3. The van der Waals surface area contributed by atoms with Crippen molar-refractivity contribution in [1.82, 2.24) is 9.47 Å². The van der Waals surface area contributed by atoms with Gasteiger partial charge in [0, 0.05) is 19.2 Å². The van der Waals surface area contributed by atoms with Gasteiger partial charge in [-0.15, -0.1) is 0 Å². The Kier molecular flexibility index (Phi) is 5.45. The van der Waals surface area contributed by atoms with Gasteiger partial charge in [-0.05, 0) is 38.0 Å². The number of rotatable bonds is 7. The molecule has 2 aromatic rings. The minimum Gasteiger partial charge on any atom is -0.493 e. The maximum Gasteiger partial charge on any atom is 0.378 e. The number of ether oxygens (including phenoxy) is 2.